The van der Waals surface area contributed by atoms with Gasteiger partial charge in [-0.3, -0.25) is 0 Å². The van der Waals surface area contributed by atoms with E-state index in [1.807, 2.05) is 0 Å². The summed E-state index contributed by atoms with van der Waals surface area (Å²) in [6.07, 6.45) is 1.65. The second kappa shape index (κ2) is 5.53. The lowest BCUT2D eigenvalue weighted by Crippen LogP contribution is -2.13. The van der Waals surface area contributed by atoms with Crippen molar-refractivity contribution in [3.8, 4) is 5.75 Å². The van der Waals surface area contributed by atoms with E-state index in [1.54, 1.807) is 19.9 Å². The number of benzene rings is 1. The summed E-state index contributed by atoms with van der Waals surface area (Å²) in [5.41, 5.74) is 2.80. The number of ether oxygens (including phenoxy) is 1. The summed E-state index contributed by atoms with van der Waals surface area (Å²) in [6, 6.07) is 2.98. The first-order valence-electron chi connectivity index (χ1n) is 4.88. The molecule has 1 rings (SSSR count). The maximum absolute atomic E-state index is 11.2. The molecule has 0 amide bonds. The minimum absolute atomic E-state index is 0.0905. The van der Waals surface area contributed by atoms with Gasteiger partial charge in [-0.2, -0.15) is 0 Å². The van der Waals surface area contributed by atoms with E-state index in [4.69, 9.17) is 21.5 Å². The molecule has 0 aliphatic rings. The molecule has 94 valence electrons. The van der Waals surface area contributed by atoms with Crippen LogP contribution in [0.25, 0.3) is 0 Å². The Kier molecular flexibility index (Phi) is 4.56. The van der Waals surface area contributed by atoms with Gasteiger partial charge in [0.05, 0.1) is 4.90 Å². The number of sulfonamides is 1. The summed E-state index contributed by atoms with van der Waals surface area (Å²) in [5, 5.41) is 5.07. The molecule has 4 nitrogen and oxygen atoms in total. The lowest BCUT2D eigenvalue weighted by molar-refractivity contribution is 0.357. The second-order valence-electron chi connectivity index (χ2n) is 3.60. The smallest absolute Gasteiger partial charge is 0.238 e. The second-order valence-corrected chi connectivity index (χ2v) is 5.42. The number of rotatable bonds is 4. The van der Waals surface area contributed by atoms with Gasteiger partial charge < -0.3 is 4.74 Å². The first-order valence-corrected chi connectivity index (χ1v) is 6.86. The van der Waals surface area contributed by atoms with Crippen molar-refractivity contribution in [2.45, 2.75) is 18.7 Å². The van der Waals surface area contributed by atoms with Gasteiger partial charge in [0.15, 0.2) is 0 Å². The van der Waals surface area contributed by atoms with E-state index in [1.165, 1.54) is 17.7 Å². The summed E-state index contributed by atoms with van der Waals surface area (Å²) in [6.45, 7) is 3.86. The minimum Gasteiger partial charge on any atom is -0.489 e. The lowest BCUT2D eigenvalue weighted by Gasteiger charge is -2.12. The van der Waals surface area contributed by atoms with Gasteiger partial charge in [-0.1, -0.05) is 11.6 Å². The monoisotopic (exact) mass is 275 g/mol. The Hall–Kier alpha value is -1.04. The van der Waals surface area contributed by atoms with Gasteiger partial charge in [0.1, 0.15) is 12.4 Å². The number of aryl methyl sites for hydroxylation is 2. The minimum atomic E-state index is -3.68. The first-order chi connectivity index (χ1) is 7.86. The molecule has 17 heavy (non-hydrogen) atoms. The van der Waals surface area contributed by atoms with E-state index in [-0.39, 0.29) is 4.90 Å². The summed E-state index contributed by atoms with van der Waals surface area (Å²) in [5.74, 6) is 0.646. The Morgan fingerprint density at radius 3 is 2.29 bits per heavy atom. The Balaban J connectivity index is 3.11. The molecule has 0 heterocycles. The van der Waals surface area contributed by atoms with Crippen molar-refractivity contribution in [1.29, 1.82) is 0 Å². The van der Waals surface area contributed by atoms with Crippen molar-refractivity contribution in [2.75, 3.05) is 6.61 Å². The number of primary sulfonamides is 1. The van der Waals surface area contributed by atoms with E-state index in [0.29, 0.717) is 12.4 Å². The number of hydrogen-bond donors (Lipinski definition) is 1. The molecule has 0 fully saturated rings. The van der Waals surface area contributed by atoms with Crippen LogP contribution in [0.3, 0.4) is 0 Å². The zero-order chi connectivity index (χ0) is 13.1. The van der Waals surface area contributed by atoms with E-state index in [0.717, 1.165) is 11.1 Å². The van der Waals surface area contributed by atoms with Crippen LogP contribution >= 0.6 is 11.6 Å². The zero-order valence-electron chi connectivity index (χ0n) is 9.60. The van der Waals surface area contributed by atoms with E-state index < -0.39 is 10.0 Å². The fourth-order valence-electron chi connectivity index (χ4n) is 1.47. The lowest BCUT2D eigenvalue weighted by atomic mass is 10.1. The van der Waals surface area contributed by atoms with Gasteiger partial charge >= 0.3 is 0 Å². The van der Waals surface area contributed by atoms with Crippen LogP contribution in [0.1, 0.15) is 11.1 Å². The zero-order valence-corrected chi connectivity index (χ0v) is 11.2. The van der Waals surface area contributed by atoms with Crippen LogP contribution < -0.4 is 9.88 Å². The predicted molar refractivity (Wildman–Crippen MR) is 67.8 cm³/mol. The van der Waals surface area contributed by atoms with Gasteiger partial charge in [-0.15, -0.1) is 0 Å². The van der Waals surface area contributed by atoms with Gasteiger partial charge in [-0.05, 0) is 43.2 Å². The standard InChI is InChI=1S/C11H14ClNO3S/c1-8-6-10(17(13,14)15)7-9(2)11(8)16-5-3-4-12/h3-4,6-7H,5H2,1-2H3,(H2,13,14,15)/b4-3+. The van der Waals surface area contributed by atoms with Gasteiger partial charge in [0.25, 0.3) is 0 Å². The number of halogens is 1. The Labute approximate surface area is 106 Å². The van der Waals surface area contributed by atoms with Crippen molar-refractivity contribution in [1.82, 2.24) is 0 Å². The van der Waals surface area contributed by atoms with Gasteiger partial charge in [0, 0.05) is 5.54 Å². The molecule has 0 aliphatic carbocycles. The van der Waals surface area contributed by atoms with Crippen LogP contribution in [0.2, 0.25) is 0 Å². The highest BCUT2D eigenvalue weighted by molar-refractivity contribution is 7.89. The van der Waals surface area contributed by atoms with Crippen LogP contribution in [0.15, 0.2) is 28.6 Å². The molecule has 6 heteroatoms. The summed E-state index contributed by atoms with van der Waals surface area (Å²) < 4.78 is 27.9. The highest BCUT2D eigenvalue weighted by Crippen LogP contribution is 2.26. The van der Waals surface area contributed by atoms with Crippen molar-refractivity contribution < 1.29 is 13.2 Å². The molecule has 0 unspecified atom stereocenters. The molecule has 0 spiro atoms. The topological polar surface area (TPSA) is 69.4 Å². The average Bonchev–Trinajstić information content (AvgIpc) is 2.20. The van der Waals surface area contributed by atoms with Crippen LogP contribution in [0.4, 0.5) is 0 Å². The summed E-state index contributed by atoms with van der Waals surface area (Å²) in [7, 11) is -3.68. The van der Waals surface area contributed by atoms with Crippen molar-refractivity contribution in [3.05, 3.63) is 34.9 Å². The number of hydrogen-bond acceptors (Lipinski definition) is 3. The normalized spacial score (nSPS) is 12.0. The molecular formula is C11H14ClNO3S. The molecular weight excluding hydrogens is 262 g/mol. The van der Waals surface area contributed by atoms with Gasteiger partial charge in [0.2, 0.25) is 10.0 Å². The third-order valence-corrected chi connectivity index (χ3v) is 3.25. The van der Waals surface area contributed by atoms with Crippen LogP contribution in [0, 0.1) is 13.8 Å². The van der Waals surface area contributed by atoms with Crippen LogP contribution in [-0.4, -0.2) is 15.0 Å². The average molecular weight is 276 g/mol. The third kappa shape index (κ3) is 3.73. The SMILES string of the molecule is Cc1cc(S(N)(=O)=O)cc(C)c1OC/C=C/Cl. The van der Waals surface area contributed by atoms with Gasteiger partial charge in [-0.25, -0.2) is 13.6 Å². The summed E-state index contributed by atoms with van der Waals surface area (Å²) in [4.78, 5) is 0.0905. The van der Waals surface area contributed by atoms with Crippen LogP contribution in [0.5, 0.6) is 5.75 Å². The predicted octanol–water partition coefficient (Wildman–Crippen LogP) is 2.08. The highest BCUT2D eigenvalue weighted by Gasteiger charge is 2.13. The quantitative estimate of drug-likeness (QED) is 0.915. The maximum Gasteiger partial charge on any atom is 0.238 e. The molecule has 1 aromatic carbocycles. The van der Waals surface area contributed by atoms with E-state index in [2.05, 4.69) is 0 Å². The van der Waals surface area contributed by atoms with Crippen LogP contribution in [-0.2, 0) is 10.0 Å². The molecule has 0 radical (unpaired) electrons. The molecule has 0 aliphatic heterocycles. The third-order valence-electron chi connectivity index (χ3n) is 2.18. The Morgan fingerprint density at radius 1 is 1.35 bits per heavy atom. The molecule has 0 saturated heterocycles. The molecule has 2 N–H and O–H groups in total. The molecule has 0 atom stereocenters. The Bertz CT molecular complexity index is 515. The van der Waals surface area contributed by atoms with Crippen molar-refractivity contribution >= 4 is 21.6 Å². The maximum atomic E-state index is 11.2. The molecule has 1 aromatic rings. The molecule has 0 aromatic heterocycles. The first kappa shape index (κ1) is 14.0. The molecule has 0 bridgehead atoms. The number of nitrogens with two attached hydrogens (primary N) is 1. The fraction of sp³-hybridized carbons (Fsp3) is 0.273. The van der Waals surface area contributed by atoms with Crippen molar-refractivity contribution in [3.63, 3.8) is 0 Å². The fourth-order valence-corrected chi connectivity index (χ4v) is 2.23. The highest BCUT2D eigenvalue weighted by atomic mass is 35.5. The Morgan fingerprint density at radius 2 is 1.88 bits per heavy atom. The summed E-state index contributed by atoms with van der Waals surface area (Å²) >= 11 is 5.38. The van der Waals surface area contributed by atoms with Crippen molar-refractivity contribution in [2.24, 2.45) is 5.14 Å². The molecule has 0 saturated carbocycles. The van der Waals surface area contributed by atoms with E-state index in [9.17, 15) is 8.42 Å². The largest absolute Gasteiger partial charge is 0.489 e. The van der Waals surface area contributed by atoms with E-state index >= 15 is 0 Å².